The summed E-state index contributed by atoms with van der Waals surface area (Å²) in [5.74, 6) is 0. The normalized spacial score (nSPS) is 28.7. The predicted octanol–water partition coefficient (Wildman–Crippen LogP) is -1.43. The van der Waals surface area contributed by atoms with Crippen LogP contribution in [-0.4, -0.2) is 56.7 Å². The van der Waals surface area contributed by atoms with Crippen LogP contribution in [0.1, 0.15) is 25.7 Å². The fourth-order valence-electron chi connectivity index (χ4n) is 2.60. The molecule has 0 aromatic carbocycles. The van der Waals surface area contributed by atoms with Crippen LogP contribution in [0.3, 0.4) is 0 Å². The van der Waals surface area contributed by atoms with Crippen molar-refractivity contribution in [2.24, 2.45) is 0 Å². The molecule has 0 radical (unpaired) electrons. The average Bonchev–Trinajstić information content (AvgIpc) is 2.03. The van der Waals surface area contributed by atoms with E-state index in [1.54, 1.807) is 0 Å². The fourth-order valence-corrected chi connectivity index (χ4v) is 2.60. The summed E-state index contributed by atoms with van der Waals surface area (Å²) < 4.78 is 1.11. The first-order chi connectivity index (χ1) is 5.93. The maximum Gasteiger partial charge on any atom is 0.104 e. The molecule has 0 saturated heterocycles. The smallest absolute Gasteiger partial charge is 0.104 e. The van der Waals surface area contributed by atoms with Crippen LogP contribution in [0.5, 0.6) is 0 Å². The first kappa shape index (κ1) is 14.6. The van der Waals surface area contributed by atoms with Crippen molar-refractivity contribution in [1.29, 1.82) is 0 Å². The summed E-state index contributed by atoms with van der Waals surface area (Å²) in [6.07, 6.45) is 5.61. The van der Waals surface area contributed by atoms with Gasteiger partial charge in [0.2, 0.25) is 0 Å². The van der Waals surface area contributed by atoms with Crippen LogP contribution in [0.25, 0.3) is 0 Å². The summed E-state index contributed by atoms with van der Waals surface area (Å²) in [6.45, 7) is 0. The molecule has 1 rings (SSSR count). The fraction of sp³-hybridized carbons (Fsp3) is 1.00. The molecule has 0 spiro atoms. The zero-order valence-corrected chi connectivity index (χ0v) is 12.4. The molecule has 2 nitrogen and oxygen atoms in total. The van der Waals surface area contributed by atoms with Gasteiger partial charge in [0.1, 0.15) is 6.04 Å². The van der Waals surface area contributed by atoms with Gasteiger partial charge in [-0.15, -0.1) is 0 Å². The van der Waals surface area contributed by atoms with Gasteiger partial charge in [0.05, 0.1) is 27.2 Å². The summed E-state index contributed by atoms with van der Waals surface area (Å²) >= 11 is 0. The molecule has 0 heterocycles. The minimum atomic E-state index is 0. The molecule has 0 N–H and O–H groups in total. The third-order valence-electron chi connectivity index (χ3n) is 3.35. The first-order valence-corrected chi connectivity index (χ1v) is 5.40. The van der Waals surface area contributed by atoms with E-state index in [9.17, 15) is 0 Å². The second kappa shape index (κ2) is 5.66. The molecule has 0 aromatic heterocycles. The summed E-state index contributed by atoms with van der Waals surface area (Å²) in [7, 11) is 11.4. The molecular weight excluding hydrogens is 287 g/mol. The van der Waals surface area contributed by atoms with E-state index in [0.29, 0.717) is 0 Å². The molecule has 1 aliphatic rings. The summed E-state index contributed by atoms with van der Waals surface area (Å²) in [6, 6.07) is 1.61. The molecule has 1 aliphatic carbocycles. The van der Waals surface area contributed by atoms with Crippen molar-refractivity contribution < 1.29 is 28.5 Å². The number of quaternary nitrogens is 1. The highest BCUT2D eigenvalue weighted by Gasteiger charge is 2.35. The lowest BCUT2D eigenvalue weighted by molar-refractivity contribution is -0.899. The van der Waals surface area contributed by atoms with E-state index in [1.165, 1.54) is 25.7 Å². The van der Waals surface area contributed by atoms with E-state index in [0.717, 1.165) is 16.6 Å². The Kier molecular flexibility index (Phi) is 5.92. The van der Waals surface area contributed by atoms with Gasteiger partial charge in [-0.3, -0.25) is 0 Å². The van der Waals surface area contributed by atoms with Crippen LogP contribution in [0.2, 0.25) is 0 Å². The van der Waals surface area contributed by atoms with Crippen molar-refractivity contribution in [2.45, 2.75) is 37.8 Å². The van der Waals surface area contributed by atoms with E-state index in [4.69, 9.17) is 0 Å². The van der Waals surface area contributed by atoms with Gasteiger partial charge < -0.3 is 33.4 Å². The zero-order valence-electron chi connectivity index (χ0n) is 10.3. The highest BCUT2D eigenvalue weighted by molar-refractivity contribution is 4.81. The molecule has 0 aromatic rings. The lowest BCUT2D eigenvalue weighted by Crippen LogP contribution is -3.00. The summed E-state index contributed by atoms with van der Waals surface area (Å²) in [5.41, 5.74) is 0. The van der Waals surface area contributed by atoms with Gasteiger partial charge in [-0.1, -0.05) is 6.42 Å². The molecule has 2 unspecified atom stereocenters. The van der Waals surface area contributed by atoms with Crippen molar-refractivity contribution in [3.8, 4) is 0 Å². The molecule has 0 bridgehead atoms. The predicted molar refractivity (Wildman–Crippen MR) is 57.8 cm³/mol. The van der Waals surface area contributed by atoms with Gasteiger partial charge in [-0.25, -0.2) is 0 Å². The summed E-state index contributed by atoms with van der Waals surface area (Å²) in [4.78, 5) is 2.41. The van der Waals surface area contributed by atoms with Crippen molar-refractivity contribution in [3.05, 3.63) is 0 Å². The largest absolute Gasteiger partial charge is 1.00 e. The van der Waals surface area contributed by atoms with Gasteiger partial charge in [-0.2, -0.15) is 0 Å². The Labute approximate surface area is 106 Å². The number of likely N-dealkylation sites (N-methyl/N-ethyl adjacent to an activating group) is 2. The molecule has 0 amide bonds. The second-order valence-corrected chi connectivity index (χ2v) is 5.50. The lowest BCUT2D eigenvalue weighted by atomic mass is 9.88. The monoisotopic (exact) mass is 312 g/mol. The standard InChI is InChI=1S/C11H25N2.HI/c1-12(2)10-8-6-7-9-11(10)13(3,4)5;/h10-11H,6-9H2,1-5H3;1H/q+1;/p-1. The van der Waals surface area contributed by atoms with Crippen LogP contribution in [0.15, 0.2) is 0 Å². The quantitative estimate of drug-likeness (QED) is 0.446. The van der Waals surface area contributed by atoms with Crippen LogP contribution in [-0.2, 0) is 0 Å². The molecule has 2 atom stereocenters. The Morgan fingerprint density at radius 3 is 1.86 bits per heavy atom. The number of halogens is 1. The molecular formula is C11H25IN2. The first-order valence-electron chi connectivity index (χ1n) is 5.40. The minimum Gasteiger partial charge on any atom is -1.00 e. The number of hydrogen-bond acceptors (Lipinski definition) is 1. The second-order valence-electron chi connectivity index (χ2n) is 5.50. The van der Waals surface area contributed by atoms with Gasteiger partial charge in [-0.05, 0) is 26.9 Å². The van der Waals surface area contributed by atoms with Gasteiger partial charge in [0.25, 0.3) is 0 Å². The van der Waals surface area contributed by atoms with Crippen molar-refractivity contribution >= 4 is 0 Å². The molecule has 3 heteroatoms. The third kappa shape index (κ3) is 3.66. The highest BCUT2D eigenvalue weighted by atomic mass is 127. The van der Waals surface area contributed by atoms with Crippen LogP contribution in [0.4, 0.5) is 0 Å². The molecule has 14 heavy (non-hydrogen) atoms. The maximum absolute atomic E-state index is 2.41. The van der Waals surface area contributed by atoms with E-state index < -0.39 is 0 Å². The Bertz CT molecular complexity index is 163. The SMILES string of the molecule is CN(C)C1CCCCC1[N+](C)(C)C.[I-]. The number of hydrogen-bond donors (Lipinski definition) is 0. The van der Waals surface area contributed by atoms with Crippen LogP contribution < -0.4 is 24.0 Å². The van der Waals surface area contributed by atoms with Crippen LogP contribution >= 0.6 is 0 Å². The highest BCUT2D eigenvalue weighted by Crippen LogP contribution is 2.27. The number of nitrogens with zero attached hydrogens (tertiary/aromatic N) is 2. The maximum atomic E-state index is 2.41. The molecule has 86 valence electrons. The summed E-state index contributed by atoms with van der Waals surface area (Å²) in [5, 5.41) is 0. The molecule has 1 fully saturated rings. The Morgan fingerprint density at radius 1 is 1.00 bits per heavy atom. The minimum absolute atomic E-state index is 0. The third-order valence-corrected chi connectivity index (χ3v) is 3.35. The van der Waals surface area contributed by atoms with Gasteiger partial charge in [0, 0.05) is 6.42 Å². The number of rotatable bonds is 2. The Hall–Kier alpha value is 0.650. The van der Waals surface area contributed by atoms with Crippen molar-refractivity contribution in [2.75, 3.05) is 35.2 Å². The van der Waals surface area contributed by atoms with Crippen LogP contribution in [0, 0.1) is 0 Å². The van der Waals surface area contributed by atoms with Gasteiger partial charge in [0.15, 0.2) is 0 Å². The van der Waals surface area contributed by atoms with E-state index in [2.05, 4.69) is 40.1 Å². The van der Waals surface area contributed by atoms with E-state index >= 15 is 0 Å². The van der Waals surface area contributed by atoms with Crippen molar-refractivity contribution in [3.63, 3.8) is 0 Å². The molecule has 1 saturated carbocycles. The molecule has 0 aliphatic heterocycles. The van der Waals surface area contributed by atoms with Gasteiger partial charge >= 0.3 is 0 Å². The van der Waals surface area contributed by atoms with E-state index in [1.807, 2.05) is 0 Å². The van der Waals surface area contributed by atoms with Crippen molar-refractivity contribution in [1.82, 2.24) is 4.90 Å². The topological polar surface area (TPSA) is 3.24 Å². The average molecular weight is 312 g/mol. The lowest BCUT2D eigenvalue weighted by Gasteiger charge is -2.44. The Morgan fingerprint density at radius 2 is 1.50 bits per heavy atom. The Balaban J connectivity index is 0.00000169. The van der Waals surface area contributed by atoms with E-state index in [-0.39, 0.29) is 24.0 Å². The zero-order chi connectivity index (χ0) is 10.1.